The molecule has 92 valence electrons. The van der Waals surface area contributed by atoms with Gasteiger partial charge in [-0.15, -0.1) is 0 Å². The second-order valence-corrected chi connectivity index (χ2v) is 5.67. The van der Waals surface area contributed by atoms with Crippen LogP contribution < -0.4 is 5.32 Å². The molecule has 0 atom stereocenters. The van der Waals surface area contributed by atoms with Crippen LogP contribution in [-0.4, -0.2) is 25.0 Å². The molecule has 3 rings (SSSR count). The van der Waals surface area contributed by atoms with Crippen molar-refractivity contribution >= 4 is 0 Å². The van der Waals surface area contributed by atoms with Crippen LogP contribution in [0.3, 0.4) is 0 Å². The summed E-state index contributed by atoms with van der Waals surface area (Å²) >= 11 is 0. The van der Waals surface area contributed by atoms with E-state index in [1.807, 2.05) is 0 Å². The zero-order valence-electron chi connectivity index (χ0n) is 10.7. The summed E-state index contributed by atoms with van der Waals surface area (Å²) in [5, 5.41) is 3.45. The third-order valence-corrected chi connectivity index (χ3v) is 3.88. The normalized spacial score (nSPS) is 19.4. The molecule has 0 unspecified atom stereocenters. The van der Waals surface area contributed by atoms with Crippen LogP contribution in [0.5, 0.6) is 0 Å². The molecule has 0 saturated heterocycles. The summed E-state index contributed by atoms with van der Waals surface area (Å²) in [5.41, 5.74) is 4.52. The van der Waals surface area contributed by atoms with Crippen LogP contribution in [0.4, 0.5) is 0 Å². The van der Waals surface area contributed by atoms with Gasteiger partial charge in [0.2, 0.25) is 0 Å². The molecule has 0 aromatic heterocycles. The number of nitrogens with one attached hydrogen (secondary N) is 1. The topological polar surface area (TPSA) is 15.3 Å². The van der Waals surface area contributed by atoms with Gasteiger partial charge < -0.3 is 10.2 Å². The van der Waals surface area contributed by atoms with Gasteiger partial charge in [-0.1, -0.05) is 18.2 Å². The monoisotopic (exact) mass is 230 g/mol. The summed E-state index contributed by atoms with van der Waals surface area (Å²) in [6.07, 6.45) is 4.07. The second kappa shape index (κ2) is 4.79. The minimum Gasteiger partial charge on any atom is -0.312 e. The molecule has 1 heterocycles. The Labute approximate surface area is 104 Å². The third-order valence-electron chi connectivity index (χ3n) is 3.88. The Kier molecular flexibility index (Phi) is 3.17. The molecule has 2 heteroatoms. The molecule has 17 heavy (non-hydrogen) atoms. The summed E-state index contributed by atoms with van der Waals surface area (Å²) in [6.45, 7) is 4.56. The van der Waals surface area contributed by atoms with E-state index < -0.39 is 0 Å². The van der Waals surface area contributed by atoms with E-state index >= 15 is 0 Å². The highest BCUT2D eigenvalue weighted by Crippen LogP contribution is 2.29. The van der Waals surface area contributed by atoms with Crippen molar-refractivity contribution < 1.29 is 0 Å². The molecule has 2 nitrogen and oxygen atoms in total. The van der Waals surface area contributed by atoms with Crippen LogP contribution in [-0.2, 0) is 19.5 Å². The van der Waals surface area contributed by atoms with Crippen molar-refractivity contribution in [3.05, 3.63) is 34.9 Å². The molecule has 1 aliphatic heterocycles. The van der Waals surface area contributed by atoms with Crippen molar-refractivity contribution in [2.75, 3.05) is 20.1 Å². The van der Waals surface area contributed by atoms with E-state index in [4.69, 9.17) is 0 Å². The molecule has 0 amide bonds. The van der Waals surface area contributed by atoms with Crippen molar-refractivity contribution in [2.24, 2.45) is 5.92 Å². The predicted octanol–water partition coefficient (Wildman–Crippen LogP) is 2.17. The van der Waals surface area contributed by atoms with Gasteiger partial charge >= 0.3 is 0 Å². The van der Waals surface area contributed by atoms with Crippen LogP contribution in [0, 0.1) is 5.92 Å². The largest absolute Gasteiger partial charge is 0.312 e. The maximum absolute atomic E-state index is 3.45. The highest BCUT2D eigenvalue weighted by molar-refractivity contribution is 5.33. The Morgan fingerprint density at radius 3 is 3.00 bits per heavy atom. The Morgan fingerprint density at radius 2 is 2.18 bits per heavy atom. The molecular weight excluding hydrogens is 208 g/mol. The minimum atomic E-state index is 0.985. The summed E-state index contributed by atoms with van der Waals surface area (Å²) < 4.78 is 0. The van der Waals surface area contributed by atoms with Crippen molar-refractivity contribution in [3.8, 4) is 0 Å². The molecule has 1 aliphatic carbocycles. The molecule has 0 bridgehead atoms. The fourth-order valence-electron chi connectivity index (χ4n) is 2.75. The van der Waals surface area contributed by atoms with Gasteiger partial charge in [0.25, 0.3) is 0 Å². The lowest BCUT2D eigenvalue weighted by Crippen LogP contribution is -2.24. The van der Waals surface area contributed by atoms with E-state index in [1.165, 1.54) is 42.5 Å². The van der Waals surface area contributed by atoms with E-state index in [9.17, 15) is 0 Å². The fourth-order valence-corrected chi connectivity index (χ4v) is 2.75. The zero-order chi connectivity index (χ0) is 11.7. The average molecular weight is 230 g/mol. The van der Waals surface area contributed by atoms with Gasteiger partial charge in [-0.25, -0.2) is 0 Å². The first-order chi connectivity index (χ1) is 8.31. The summed E-state index contributed by atoms with van der Waals surface area (Å²) in [5.74, 6) is 0.985. The number of benzene rings is 1. The van der Waals surface area contributed by atoms with Crippen LogP contribution in [0.15, 0.2) is 18.2 Å². The zero-order valence-corrected chi connectivity index (χ0v) is 10.7. The van der Waals surface area contributed by atoms with Crippen molar-refractivity contribution in [1.82, 2.24) is 10.2 Å². The van der Waals surface area contributed by atoms with Gasteiger partial charge in [-0.3, -0.25) is 0 Å². The van der Waals surface area contributed by atoms with Crippen LogP contribution in [0.2, 0.25) is 0 Å². The molecule has 0 spiro atoms. The summed E-state index contributed by atoms with van der Waals surface area (Å²) in [4.78, 5) is 2.47. The molecular formula is C15H22N2. The van der Waals surface area contributed by atoms with Gasteiger partial charge in [0.05, 0.1) is 0 Å². The number of fused-ring (bicyclic) bond motifs is 1. The van der Waals surface area contributed by atoms with Gasteiger partial charge in [-0.05, 0) is 55.5 Å². The van der Waals surface area contributed by atoms with E-state index in [-0.39, 0.29) is 0 Å². The van der Waals surface area contributed by atoms with Gasteiger partial charge in [0.15, 0.2) is 0 Å². The van der Waals surface area contributed by atoms with Crippen molar-refractivity contribution in [1.29, 1.82) is 0 Å². The molecule has 1 aromatic carbocycles. The summed E-state index contributed by atoms with van der Waals surface area (Å²) in [7, 11) is 2.25. The molecule has 0 radical (unpaired) electrons. The Hall–Kier alpha value is -0.860. The minimum absolute atomic E-state index is 0.985. The van der Waals surface area contributed by atoms with Gasteiger partial charge in [0, 0.05) is 19.6 Å². The predicted molar refractivity (Wildman–Crippen MR) is 70.9 cm³/mol. The fraction of sp³-hybridized carbons (Fsp3) is 0.600. The lowest BCUT2D eigenvalue weighted by molar-refractivity contribution is 0.313. The van der Waals surface area contributed by atoms with Gasteiger partial charge in [-0.2, -0.15) is 0 Å². The number of hydrogen-bond acceptors (Lipinski definition) is 2. The maximum atomic E-state index is 3.45. The lowest BCUT2D eigenvalue weighted by atomic mass is 9.98. The van der Waals surface area contributed by atoms with Crippen LogP contribution >= 0.6 is 0 Å². The van der Waals surface area contributed by atoms with Crippen LogP contribution in [0.1, 0.15) is 29.5 Å². The van der Waals surface area contributed by atoms with Crippen LogP contribution in [0.25, 0.3) is 0 Å². The standard InChI is InChI=1S/C15H22N2/c1-17(10-12-2-3-12)11-13-4-5-14-6-7-16-9-15(14)8-13/h4-5,8,12,16H,2-3,6-7,9-11H2,1H3. The number of hydrogen-bond donors (Lipinski definition) is 1. The highest BCUT2D eigenvalue weighted by atomic mass is 15.1. The average Bonchev–Trinajstić information content (AvgIpc) is 3.12. The van der Waals surface area contributed by atoms with E-state index in [2.05, 4.69) is 35.5 Å². The van der Waals surface area contributed by atoms with Crippen molar-refractivity contribution in [2.45, 2.75) is 32.4 Å². The van der Waals surface area contributed by atoms with Gasteiger partial charge in [0.1, 0.15) is 0 Å². The first kappa shape index (κ1) is 11.2. The maximum Gasteiger partial charge on any atom is 0.0230 e. The molecule has 1 aromatic rings. The molecule has 1 N–H and O–H groups in total. The first-order valence-electron chi connectivity index (χ1n) is 6.81. The van der Waals surface area contributed by atoms with Crippen molar-refractivity contribution in [3.63, 3.8) is 0 Å². The van der Waals surface area contributed by atoms with E-state index in [1.54, 1.807) is 0 Å². The molecule has 1 saturated carbocycles. The Morgan fingerprint density at radius 1 is 1.29 bits per heavy atom. The van der Waals surface area contributed by atoms with E-state index in [0.29, 0.717) is 0 Å². The van der Waals surface area contributed by atoms with E-state index in [0.717, 1.165) is 25.6 Å². The Bertz CT molecular complexity index is 396. The Balaban J connectivity index is 1.65. The highest BCUT2D eigenvalue weighted by Gasteiger charge is 2.22. The second-order valence-electron chi connectivity index (χ2n) is 5.67. The molecule has 1 fully saturated rings. The quantitative estimate of drug-likeness (QED) is 0.853. The summed E-state index contributed by atoms with van der Waals surface area (Å²) in [6, 6.07) is 7.04. The molecule has 2 aliphatic rings. The number of nitrogens with zero attached hydrogens (tertiary/aromatic N) is 1. The lowest BCUT2D eigenvalue weighted by Gasteiger charge is -2.20. The third kappa shape index (κ3) is 2.88. The number of rotatable bonds is 4. The smallest absolute Gasteiger partial charge is 0.0230 e. The SMILES string of the molecule is CN(Cc1ccc2c(c1)CNCC2)CC1CC1. The first-order valence-corrected chi connectivity index (χ1v) is 6.81.